The number of ether oxygens (including phenoxy) is 1. The number of benzene rings is 1. The monoisotopic (exact) mass is 373 g/mol. The number of fused-ring (bicyclic) bond motifs is 1. The van der Waals surface area contributed by atoms with Crippen molar-refractivity contribution in [2.24, 2.45) is 0 Å². The second-order valence-electron chi connectivity index (χ2n) is 7.22. The first kappa shape index (κ1) is 18.2. The maximum atomic E-state index is 9.23. The lowest BCUT2D eigenvalue weighted by atomic mass is 10.1. The second-order valence-corrected chi connectivity index (χ2v) is 7.22. The Balaban J connectivity index is 1.49. The van der Waals surface area contributed by atoms with E-state index >= 15 is 0 Å². The van der Waals surface area contributed by atoms with Crippen LogP contribution in [-0.4, -0.2) is 35.3 Å². The minimum atomic E-state index is 0.209. The molecule has 2 atom stereocenters. The molecule has 28 heavy (non-hydrogen) atoms. The Kier molecular flexibility index (Phi) is 5.09. The summed E-state index contributed by atoms with van der Waals surface area (Å²) in [5.74, 6) is 0.979. The Morgan fingerprint density at radius 2 is 1.96 bits per heavy atom. The van der Waals surface area contributed by atoms with Crippen LogP contribution in [0.3, 0.4) is 0 Å². The Labute approximate surface area is 164 Å². The number of hydrogen-bond donors (Lipinski definition) is 1. The third-order valence-electron chi connectivity index (χ3n) is 4.87. The van der Waals surface area contributed by atoms with E-state index in [0.717, 1.165) is 41.1 Å². The summed E-state index contributed by atoms with van der Waals surface area (Å²) in [4.78, 5) is 11.3. The van der Waals surface area contributed by atoms with Crippen LogP contribution in [0.15, 0.2) is 48.7 Å². The lowest BCUT2D eigenvalue weighted by Gasteiger charge is -2.36. The highest BCUT2D eigenvalue weighted by atomic mass is 16.5. The summed E-state index contributed by atoms with van der Waals surface area (Å²) in [6, 6.07) is 15.9. The van der Waals surface area contributed by atoms with Gasteiger partial charge in [0.25, 0.3) is 0 Å². The van der Waals surface area contributed by atoms with Crippen molar-refractivity contribution in [2.45, 2.75) is 32.6 Å². The Morgan fingerprint density at radius 1 is 1.18 bits per heavy atom. The van der Waals surface area contributed by atoms with Crippen molar-refractivity contribution in [3.63, 3.8) is 0 Å². The molecule has 3 aromatic rings. The van der Waals surface area contributed by atoms with Crippen LogP contribution in [0.1, 0.15) is 25.1 Å². The van der Waals surface area contributed by atoms with E-state index in [2.05, 4.69) is 52.2 Å². The zero-order chi connectivity index (χ0) is 19.5. The number of nitrogens with one attached hydrogen (secondary N) is 1. The van der Waals surface area contributed by atoms with Crippen molar-refractivity contribution in [1.29, 1.82) is 5.26 Å². The van der Waals surface area contributed by atoms with Gasteiger partial charge in [0.05, 0.1) is 17.7 Å². The van der Waals surface area contributed by atoms with E-state index in [1.165, 1.54) is 0 Å². The summed E-state index contributed by atoms with van der Waals surface area (Å²) in [5.41, 5.74) is 3.21. The molecule has 1 fully saturated rings. The molecule has 3 heterocycles. The van der Waals surface area contributed by atoms with Crippen LogP contribution in [0.2, 0.25) is 0 Å². The molecule has 4 rings (SSSR count). The van der Waals surface area contributed by atoms with Gasteiger partial charge in [-0.25, -0.2) is 9.97 Å². The highest BCUT2D eigenvalue weighted by molar-refractivity contribution is 5.91. The summed E-state index contributed by atoms with van der Waals surface area (Å²) in [7, 11) is 0. The number of para-hydroxylation sites is 1. The minimum absolute atomic E-state index is 0.209. The van der Waals surface area contributed by atoms with Crippen molar-refractivity contribution < 1.29 is 4.74 Å². The van der Waals surface area contributed by atoms with E-state index in [1.807, 2.05) is 30.5 Å². The van der Waals surface area contributed by atoms with Crippen LogP contribution in [-0.2, 0) is 11.3 Å². The van der Waals surface area contributed by atoms with Gasteiger partial charge in [-0.2, -0.15) is 5.26 Å². The van der Waals surface area contributed by atoms with Crippen molar-refractivity contribution in [2.75, 3.05) is 23.3 Å². The summed E-state index contributed by atoms with van der Waals surface area (Å²) < 4.78 is 5.80. The lowest BCUT2D eigenvalue weighted by molar-refractivity contribution is -0.00545. The first-order valence-corrected chi connectivity index (χ1v) is 9.51. The Bertz CT molecular complexity index is 1000. The third kappa shape index (κ3) is 3.90. The molecule has 0 bridgehead atoms. The number of aromatic nitrogens is 2. The number of pyridine rings is 2. The van der Waals surface area contributed by atoms with Crippen molar-refractivity contribution in [3.05, 3.63) is 59.9 Å². The van der Waals surface area contributed by atoms with Crippen molar-refractivity contribution >= 4 is 22.4 Å². The molecule has 6 heteroatoms. The molecule has 1 aliphatic heterocycles. The predicted molar refractivity (Wildman–Crippen MR) is 110 cm³/mol. The Morgan fingerprint density at radius 3 is 2.68 bits per heavy atom. The fourth-order valence-electron chi connectivity index (χ4n) is 3.65. The van der Waals surface area contributed by atoms with E-state index in [1.54, 1.807) is 6.07 Å². The summed E-state index contributed by atoms with van der Waals surface area (Å²) in [6.45, 7) is 6.52. The van der Waals surface area contributed by atoms with Gasteiger partial charge in [-0.15, -0.1) is 0 Å². The zero-order valence-electron chi connectivity index (χ0n) is 16.1. The molecule has 1 saturated heterocycles. The van der Waals surface area contributed by atoms with Crippen LogP contribution >= 0.6 is 0 Å². The molecule has 0 spiro atoms. The third-order valence-corrected chi connectivity index (χ3v) is 4.87. The molecule has 142 valence electrons. The van der Waals surface area contributed by atoms with Crippen LogP contribution in [0.5, 0.6) is 0 Å². The topological polar surface area (TPSA) is 74.1 Å². The van der Waals surface area contributed by atoms with Crippen molar-refractivity contribution in [3.8, 4) is 6.07 Å². The molecule has 2 unspecified atom stereocenters. The maximum Gasteiger partial charge on any atom is 0.143 e. The molecule has 0 amide bonds. The zero-order valence-corrected chi connectivity index (χ0v) is 16.1. The molecule has 1 N–H and O–H groups in total. The first-order chi connectivity index (χ1) is 13.6. The molecular formula is C22H23N5O. The number of rotatable bonds is 4. The van der Waals surface area contributed by atoms with Crippen LogP contribution in [0, 0.1) is 11.3 Å². The fraction of sp³-hybridized carbons (Fsp3) is 0.318. The van der Waals surface area contributed by atoms with E-state index in [9.17, 15) is 5.26 Å². The van der Waals surface area contributed by atoms with E-state index in [0.29, 0.717) is 12.2 Å². The van der Waals surface area contributed by atoms with Gasteiger partial charge >= 0.3 is 0 Å². The maximum absolute atomic E-state index is 9.23. The van der Waals surface area contributed by atoms with Crippen molar-refractivity contribution in [1.82, 2.24) is 9.97 Å². The average Bonchev–Trinajstić information content (AvgIpc) is 2.71. The van der Waals surface area contributed by atoms with Gasteiger partial charge in [-0.1, -0.05) is 24.3 Å². The lowest BCUT2D eigenvalue weighted by Crippen LogP contribution is -2.45. The van der Waals surface area contributed by atoms with E-state index in [4.69, 9.17) is 4.74 Å². The predicted octanol–water partition coefficient (Wildman–Crippen LogP) is 3.73. The van der Waals surface area contributed by atoms with Crippen LogP contribution in [0.4, 0.5) is 11.5 Å². The molecule has 1 aliphatic rings. The summed E-state index contributed by atoms with van der Waals surface area (Å²) in [6.07, 6.45) is 2.32. The number of nitrogens with zero attached hydrogens (tertiary/aromatic N) is 4. The van der Waals surface area contributed by atoms with Gasteiger partial charge in [0.15, 0.2) is 0 Å². The average molecular weight is 373 g/mol. The fourth-order valence-corrected chi connectivity index (χ4v) is 3.65. The summed E-state index contributed by atoms with van der Waals surface area (Å²) >= 11 is 0. The van der Waals surface area contributed by atoms with Gasteiger partial charge in [-0.05, 0) is 37.6 Å². The van der Waals surface area contributed by atoms with Crippen LogP contribution < -0.4 is 10.2 Å². The molecular weight excluding hydrogens is 350 g/mol. The number of nitriles is 1. The van der Waals surface area contributed by atoms with Gasteiger partial charge in [0, 0.05) is 36.9 Å². The smallest absolute Gasteiger partial charge is 0.143 e. The van der Waals surface area contributed by atoms with Gasteiger partial charge in [0.2, 0.25) is 0 Å². The second kappa shape index (κ2) is 7.83. The molecule has 6 nitrogen and oxygen atoms in total. The van der Waals surface area contributed by atoms with E-state index < -0.39 is 0 Å². The highest BCUT2D eigenvalue weighted by Crippen LogP contribution is 2.24. The van der Waals surface area contributed by atoms with E-state index in [-0.39, 0.29) is 12.2 Å². The Hall–Kier alpha value is -3.17. The highest BCUT2D eigenvalue weighted by Gasteiger charge is 2.22. The van der Waals surface area contributed by atoms with Crippen LogP contribution in [0.25, 0.3) is 10.9 Å². The largest absolute Gasteiger partial charge is 0.380 e. The van der Waals surface area contributed by atoms with Gasteiger partial charge in [0.1, 0.15) is 17.6 Å². The molecule has 0 radical (unpaired) electrons. The molecule has 0 aliphatic carbocycles. The number of morpholine rings is 1. The summed E-state index contributed by atoms with van der Waals surface area (Å²) in [5, 5.41) is 13.7. The normalized spacial score (nSPS) is 19.4. The number of anilines is 2. The number of hydrogen-bond acceptors (Lipinski definition) is 6. The SMILES string of the molecule is CC1CN(c2ccc(CNc3cc(C#N)nc4ccccc34)cn2)CC(C)O1. The van der Waals surface area contributed by atoms with Gasteiger partial charge in [-0.3, -0.25) is 0 Å². The molecule has 0 saturated carbocycles. The standard InChI is InChI=1S/C22H23N5O/c1-15-13-27(14-16(2)28-15)22-8-7-17(12-25-22)11-24-21-9-18(10-23)26-20-6-4-3-5-19(20)21/h3-9,12,15-16H,11,13-14H2,1-2H3,(H,24,26). The molecule has 1 aromatic carbocycles. The quantitative estimate of drug-likeness (QED) is 0.751. The molecule has 2 aromatic heterocycles. The minimum Gasteiger partial charge on any atom is -0.380 e. The first-order valence-electron chi connectivity index (χ1n) is 9.51. The van der Waals surface area contributed by atoms with Gasteiger partial charge < -0.3 is 15.0 Å².